The highest BCUT2D eigenvalue weighted by Crippen LogP contribution is 2.18. The zero-order chi connectivity index (χ0) is 13.8. The average Bonchev–Trinajstić information content (AvgIpc) is 2.37. The molecule has 1 saturated heterocycles. The maximum absolute atomic E-state index is 13.2. The number of carbonyl (C=O) groups excluding carboxylic acids is 1. The number of rotatable bonds is 2. The zero-order valence-electron chi connectivity index (χ0n) is 11.0. The van der Waals surface area contributed by atoms with Crippen LogP contribution in [0.4, 0.5) is 14.9 Å². The van der Waals surface area contributed by atoms with Gasteiger partial charge in [-0.1, -0.05) is 0 Å². The molecule has 1 aromatic carbocycles. The van der Waals surface area contributed by atoms with E-state index in [-0.39, 0.29) is 24.4 Å². The van der Waals surface area contributed by atoms with Crippen molar-refractivity contribution in [2.24, 2.45) is 5.92 Å². The van der Waals surface area contributed by atoms with Crippen LogP contribution in [-0.2, 0) is 0 Å². The normalized spacial score (nSPS) is 19.3. The van der Waals surface area contributed by atoms with E-state index in [0.717, 1.165) is 18.4 Å². The molecular weight excluding hydrogens is 247 g/mol. The minimum atomic E-state index is -0.359. The van der Waals surface area contributed by atoms with Gasteiger partial charge in [0.25, 0.3) is 0 Å². The van der Waals surface area contributed by atoms with Crippen molar-refractivity contribution in [2.45, 2.75) is 19.8 Å². The second kappa shape index (κ2) is 6.02. The predicted molar refractivity (Wildman–Crippen MR) is 71.5 cm³/mol. The number of nitrogens with one attached hydrogen (secondary N) is 1. The number of hydrogen-bond acceptors (Lipinski definition) is 2. The lowest BCUT2D eigenvalue weighted by molar-refractivity contribution is 0.136. The van der Waals surface area contributed by atoms with Crippen molar-refractivity contribution in [3.05, 3.63) is 29.6 Å². The number of amides is 2. The summed E-state index contributed by atoms with van der Waals surface area (Å²) in [6.45, 7) is 3.11. The van der Waals surface area contributed by atoms with Gasteiger partial charge in [0.15, 0.2) is 0 Å². The Labute approximate surface area is 112 Å². The maximum Gasteiger partial charge on any atom is 0.321 e. The van der Waals surface area contributed by atoms with Gasteiger partial charge in [-0.15, -0.1) is 0 Å². The van der Waals surface area contributed by atoms with Crippen LogP contribution < -0.4 is 5.32 Å². The van der Waals surface area contributed by atoms with Crippen molar-refractivity contribution in [3.8, 4) is 0 Å². The van der Waals surface area contributed by atoms with Gasteiger partial charge in [-0.25, -0.2) is 9.18 Å². The molecule has 2 rings (SSSR count). The second-order valence-corrected chi connectivity index (χ2v) is 5.08. The highest BCUT2D eigenvalue weighted by molar-refractivity contribution is 5.89. The van der Waals surface area contributed by atoms with Crippen molar-refractivity contribution in [3.63, 3.8) is 0 Å². The van der Waals surface area contributed by atoms with Gasteiger partial charge in [-0.3, -0.25) is 0 Å². The standard InChI is InChI=1S/C14H19FN2O2/c1-10-5-12(15)7-13(6-10)16-14(19)17-4-2-3-11(8-17)9-18/h5-7,11,18H,2-4,8-9H2,1H3,(H,16,19). The molecule has 1 atom stereocenters. The Morgan fingerprint density at radius 2 is 2.32 bits per heavy atom. The fraction of sp³-hybridized carbons (Fsp3) is 0.500. The molecule has 1 aliphatic heterocycles. The first-order chi connectivity index (χ1) is 9.08. The van der Waals surface area contributed by atoms with Gasteiger partial charge >= 0.3 is 6.03 Å². The van der Waals surface area contributed by atoms with Gasteiger partial charge in [0.05, 0.1) is 0 Å². The summed E-state index contributed by atoms with van der Waals surface area (Å²) < 4.78 is 13.2. The number of benzene rings is 1. The molecule has 104 valence electrons. The van der Waals surface area contributed by atoms with Crippen LogP contribution in [0, 0.1) is 18.7 Å². The number of nitrogens with zero attached hydrogens (tertiary/aromatic N) is 1. The summed E-state index contributed by atoms with van der Waals surface area (Å²) in [5.74, 6) is -0.212. The molecule has 1 unspecified atom stereocenters. The molecule has 1 aromatic rings. The van der Waals surface area contributed by atoms with Crippen LogP contribution in [0.3, 0.4) is 0 Å². The summed E-state index contributed by atoms with van der Waals surface area (Å²) in [6.07, 6.45) is 1.83. The number of halogens is 1. The Kier molecular flexibility index (Phi) is 4.37. The number of aliphatic hydroxyl groups is 1. The fourth-order valence-corrected chi connectivity index (χ4v) is 2.41. The minimum absolute atomic E-state index is 0.100. The average molecular weight is 266 g/mol. The van der Waals surface area contributed by atoms with Crippen LogP contribution >= 0.6 is 0 Å². The molecule has 0 saturated carbocycles. The van der Waals surface area contributed by atoms with E-state index < -0.39 is 0 Å². The summed E-state index contributed by atoms with van der Waals surface area (Å²) in [6, 6.07) is 4.22. The van der Waals surface area contributed by atoms with E-state index in [4.69, 9.17) is 5.11 Å². The highest BCUT2D eigenvalue weighted by atomic mass is 19.1. The predicted octanol–water partition coefficient (Wildman–Crippen LogP) is 2.37. The first-order valence-electron chi connectivity index (χ1n) is 6.52. The summed E-state index contributed by atoms with van der Waals surface area (Å²) in [7, 11) is 0. The topological polar surface area (TPSA) is 52.6 Å². The third-order valence-corrected chi connectivity index (χ3v) is 3.36. The van der Waals surface area contributed by atoms with Crippen LogP contribution in [0.15, 0.2) is 18.2 Å². The molecule has 2 N–H and O–H groups in total. The third kappa shape index (κ3) is 3.67. The number of anilines is 1. The van der Waals surface area contributed by atoms with Gasteiger partial charge in [-0.05, 0) is 49.4 Å². The molecule has 0 aromatic heterocycles. The number of hydrogen-bond donors (Lipinski definition) is 2. The number of aliphatic hydroxyl groups excluding tert-OH is 1. The lowest BCUT2D eigenvalue weighted by Crippen LogP contribution is -2.43. The van der Waals surface area contributed by atoms with E-state index in [1.165, 1.54) is 12.1 Å². The van der Waals surface area contributed by atoms with Gasteiger partial charge in [0, 0.05) is 25.4 Å². The molecule has 19 heavy (non-hydrogen) atoms. The third-order valence-electron chi connectivity index (χ3n) is 3.36. The fourth-order valence-electron chi connectivity index (χ4n) is 2.41. The molecular formula is C14H19FN2O2. The smallest absolute Gasteiger partial charge is 0.321 e. The lowest BCUT2D eigenvalue weighted by atomic mass is 9.99. The molecule has 2 amide bonds. The lowest BCUT2D eigenvalue weighted by Gasteiger charge is -2.31. The largest absolute Gasteiger partial charge is 0.396 e. The maximum atomic E-state index is 13.2. The van der Waals surface area contributed by atoms with E-state index in [1.54, 1.807) is 17.9 Å². The molecule has 0 bridgehead atoms. The van der Waals surface area contributed by atoms with Crippen molar-refractivity contribution < 1.29 is 14.3 Å². The van der Waals surface area contributed by atoms with Crippen molar-refractivity contribution in [1.29, 1.82) is 0 Å². The highest BCUT2D eigenvalue weighted by Gasteiger charge is 2.23. The second-order valence-electron chi connectivity index (χ2n) is 5.08. The Hall–Kier alpha value is -1.62. The Morgan fingerprint density at radius 3 is 3.00 bits per heavy atom. The number of aryl methyl sites for hydroxylation is 1. The number of carbonyl (C=O) groups is 1. The molecule has 0 aliphatic carbocycles. The zero-order valence-corrected chi connectivity index (χ0v) is 11.0. The quantitative estimate of drug-likeness (QED) is 0.863. The van der Waals surface area contributed by atoms with Gasteiger partial charge < -0.3 is 15.3 Å². The molecule has 5 heteroatoms. The first-order valence-corrected chi connectivity index (χ1v) is 6.52. The molecule has 1 heterocycles. The van der Waals surface area contributed by atoms with Crippen molar-refractivity contribution in [1.82, 2.24) is 4.90 Å². The summed E-state index contributed by atoms with van der Waals surface area (Å²) >= 11 is 0. The van der Waals surface area contributed by atoms with E-state index >= 15 is 0 Å². The van der Waals surface area contributed by atoms with Crippen molar-refractivity contribution >= 4 is 11.7 Å². The Morgan fingerprint density at radius 1 is 1.53 bits per heavy atom. The Balaban J connectivity index is 2.00. The van der Waals surface area contributed by atoms with Crippen LogP contribution in [0.1, 0.15) is 18.4 Å². The van der Waals surface area contributed by atoms with Crippen LogP contribution in [0.5, 0.6) is 0 Å². The molecule has 1 aliphatic rings. The van der Waals surface area contributed by atoms with Crippen LogP contribution in [0.2, 0.25) is 0 Å². The Bertz CT molecular complexity index is 445. The van der Waals surface area contributed by atoms with E-state index in [9.17, 15) is 9.18 Å². The van der Waals surface area contributed by atoms with Gasteiger partial charge in [0.1, 0.15) is 5.82 Å². The SMILES string of the molecule is Cc1cc(F)cc(NC(=O)N2CCCC(CO)C2)c1. The number of likely N-dealkylation sites (tertiary alicyclic amines) is 1. The van der Waals surface area contributed by atoms with Crippen LogP contribution in [-0.4, -0.2) is 35.7 Å². The summed E-state index contributed by atoms with van der Waals surface area (Å²) in [5.41, 5.74) is 1.23. The monoisotopic (exact) mass is 266 g/mol. The van der Waals surface area contributed by atoms with E-state index in [1.807, 2.05) is 0 Å². The van der Waals surface area contributed by atoms with Crippen molar-refractivity contribution in [2.75, 3.05) is 25.0 Å². The van der Waals surface area contributed by atoms with E-state index in [2.05, 4.69) is 5.32 Å². The molecule has 4 nitrogen and oxygen atoms in total. The summed E-state index contributed by atoms with van der Waals surface area (Å²) in [4.78, 5) is 13.7. The van der Waals surface area contributed by atoms with E-state index in [0.29, 0.717) is 18.8 Å². The van der Waals surface area contributed by atoms with Gasteiger partial charge in [-0.2, -0.15) is 0 Å². The van der Waals surface area contributed by atoms with Gasteiger partial charge in [0.2, 0.25) is 0 Å². The molecule has 0 radical (unpaired) electrons. The molecule has 0 spiro atoms. The minimum Gasteiger partial charge on any atom is -0.396 e. The number of urea groups is 1. The van der Waals surface area contributed by atoms with Crippen LogP contribution in [0.25, 0.3) is 0 Å². The summed E-state index contributed by atoms with van der Waals surface area (Å²) in [5, 5.41) is 11.8. The first kappa shape index (κ1) is 13.8. The number of piperidine rings is 1. The molecule has 1 fully saturated rings.